The quantitative estimate of drug-likeness (QED) is 0.537. The Labute approximate surface area is 189 Å². The van der Waals surface area contributed by atoms with Crippen LogP contribution >= 0.6 is 0 Å². The highest BCUT2D eigenvalue weighted by Gasteiger charge is 2.24. The third kappa shape index (κ3) is 5.71. The van der Waals surface area contributed by atoms with Crippen molar-refractivity contribution in [2.24, 2.45) is 0 Å². The molecule has 0 aliphatic carbocycles. The Morgan fingerprint density at radius 3 is 2.50 bits per heavy atom. The van der Waals surface area contributed by atoms with Gasteiger partial charge >= 0.3 is 0 Å². The van der Waals surface area contributed by atoms with Crippen LogP contribution in [0, 0.1) is 0 Å². The molecule has 1 aliphatic heterocycles. The van der Waals surface area contributed by atoms with Crippen molar-refractivity contribution in [3.8, 4) is 5.75 Å². The number of aromatic nitrogens is 2. The minimum absolute atomic E-state index is 0.00694. The van der Waals surface area contributed by atoms with Crippen LogP contribution in [0.4, 0.5) is 0 Å². The number of rotatable bonds is 8. The molecule has 3 aromatic rings. The third-order valence-electron chi connectivity index (χ3n) is 5.85. The first-order valence-corrected chi connectivity index (χ1v) is 11.3. The van der Waals surface area contributed by atoms with E-state index in [9.17, 15) is 4.79 Å². The van der Waals surface area contributed by atoms with Gasteiger partial charge in [0.05, 0.1) is 11.3 Å². The molecule has 1 amide bonds. The molecule has 1 saturated heterocycles. The fraction of sp³-hybridized carbons (Fsp3) is 0.346. The first-order chi connectivity index (χ1) is 15.7. The summed E-state index contributed by atoms with van der Waals surface area (Å²) < 4.78 is 6.35. The summed E-state index contributed by atoms with van der Waals surface area (Å²) in [6.45, 7) is 5.96. The molecular formula is C26H30N4O2. The molecule has 1 aromatic carbocycles. The summed E-state index contributed by atoms with van der Waals surface area (Å²) in [6.07, 6.45) is 7.33. The summed E-state index contributed by atoms with van der Waals surface area (Å²) in [4.78, 5) is 26.0. The van der Waals surface area contributed by atoms with Crippen LogP contribution in [-0.2, 0) is 13.1 Å². The maximum Gasteiger partial charge on any atom is 0.257 e. The van der Waals surface area contributed by atoms with Crippen molar-refractivity contribution >= 4 is 5.91 Å². The van der Waals surface area contributed by atoms with Crippen LogP contribution in [-0.4, -0.2) is 51.4 Å². The van der Waals surface area contributed by atoms with Gasteiger partial charge in [-0.15, -0.1) is 0 Å². The second-order valence-corrected chi connectivity index (χ2v) is 8.09. The second kappa shape index (κ2) is 10.9. The van der Waals surface area contributed by atoms with Gasteiger partial charge in [-0.05, 0) is 61.7 Å². The monoisotopic (exact) mass is 430 g/mol. The van der Waals surface area contributed by atoms with Gasteiger partial charge in [-0.2, -0.15) is 0 Å². The van der Waals surface area contributed by atoms with Gasteiger partial charge in [0.25, 0.3) is 5.91 Å². The minimum Gasteiger partial charge on any atom is -0.489 e. The van der Waals surface area contributed by atoms with Gasteiger partial charge in [0.2, 0.25) is 0 Å². The Bertz CT molecular complexity index is 989. The maximum absolute atomic E-state index is 13.3. The number of hydrogen-bond donors (Lipinski definition) is 0. The summed E-state index contributed by atoms with van der Waals surface area (Å²) in [5.74, 6) is 0.668. The number of likely N-dealkylation sites (tertiary alicyclic amines) is 1. The van der Waals surface area contributed by atoms with E-state index in [1.807, 2.05) is 66.6 Å². The van der Waals surface area contributed by atoms with Gasteiger partial charge in [0.1, 0.15) is 11.9 Å². The largest absolute Gasteiger partial charge is 0.489 e. The predicted molar refractivity (Wildman–Crippen MR) is 124 cm³/mol. The van der Waals surface area contributed by atoms with Crippen LogP contribution in [0.1, 0.15) is 41.4 Å². The molecule has 0 unspecified atom stereocenters. The number of para-hydroxylation sites is 1. The lowest BCUT2D eigenvalue weighted by atomic mass is 10.1. The highest BCUT2D eigenvalue weighted by atomic mass is 16.5. The third-order valence-corrected chi connectivity index (χ3v) is 5.85. The Balaban J connectivity index is 1.37. The number of pyridine rings is 2. The van der Waals surface area contributed by atoms with Crippen LogP contribution in [0.5, 0.6) is 5.75 Å². The van der Waals surface area contributed by atoms with Crippen LogP contribution in [0.25, 0.3) is 0 Å². The van der Waals surface area contributed by atoms with E-state index in [4.69, 9.17) is 4.74 Å². The van der Waals surface area contributed by atoms with Gasteiger partial charge in [0.15, 0.2) is 0 Å². The van der Waals surface area contributed by atoms with Crippen LogP contribution in [0.15, 0.2) is 73.2 Å². The average Bonchev–Trinajstić information content (AvgIpc) is 2.85. The van der Waals surface area contributed by atoms with Crippen LogP contribution in [0.2, 0.25) is 0 Å². The summed E-state index contributed by atoms with van der Waals surface area (Å²) in [7, 11) is 0. The standard InChI is InChI=1S/C26H30N4O2/c1-2-30(19-21-10-15-27-16-11-21)26(31)24-8-3-4-9-25(24)32-23-12-17-29(18-13-23)20-22-7-5-6-14-28-22/h3-11,14-16,23H,2,12-13,17-20H2,1H3. The molecule has 0 saturated carbocycles. The molecule has 0 atom stereocenters. The molecule has 3 heterocycles. The molecule has 166 valence electrons. The van der Waals surface area contributed by atoms with Gasteiger partial charge in [-0.25, -0.2) is 0 Å². The van der Waals surface area contributed by atoms with E-state index in [0.29, 0.717) is 24.4 Å². The average molecular weight is 431 g/mol. The normalized spacial score (nSPS) is 14.8. The topological polar surface area (TPSA) is 58.6 Å². The van der Waals surface area contributed by atoms with Crippen molar-refractivity contribution in [2.75, 3.05) is 19.6 Å². The van der Waals surface area contributed by atoms with Gasteiger partial charge in [-0.3, -0.25) is 19.7 Å². The SMILES string of the molecule is CCN(Cc1ccncc1)C(=O)c1ccccc1OC1CCN(Cc2ccccn2)CC1. The zero-order valence-corrected chi connectivity index (χ0v) is 18.6. The van der Waals surface area contributed by atoms with Gasteiger partial charge in [-0.1, -0.05) is 18.2 Å². The molecule has 32 heavy (non-hydrogen) atoms. The number of nitrogens with zero attached hydrogens (tertiary/aromatic N) is 4. The summed E-state index contributed by atoms with van der Waals surface area (Å²) in [5, 5.41) is 0. The zero-order chi connectivity index (χ0) is 22.2. The van der Waals surface area contributed by atoms with E-state index < -0.39 is 0 Å². The van der Waals surface area contributed by atoms with E-state index in [0.717, 1.165) is 43.7 Å². The highest BCUT2D eigenvalue weighted by molar-refractivity contribution is 5.96. The van der Waals surface area contributed by atoms with Crippen molar-refractivity contribution in [2.45, 2.75) is 39.0 Å². The molecule has 1 aliphatic rings. The molecule has 1 fully saturated rings. The Morgan fingerprint density at radius 1 is 1.03 bits per heavy atom. The second-order valence-electron chi connectivity index (χ2n) is 8.09. The van der Waals surface area contributed by atoms with Crippen molar-refractivity contribution in [3.63, 3.8) is 0 Å². The summed E-state index contributed by atoms with van der Waals surface area (Å²) in [6, 6.07) is 17.5. The first-order valence-electron chi connectivity index (χ1n) is 11.3. The Morgan fingerprint density at radius 2 is 1.78 bits per heavy atom. The highest BCUT2D eigenvalue weighted by Crippen LogP contribution is 2.25. The molecule has 6 heteroatoms. The van der Waals surface area contributed by atoms with E-state index in [2.05, 4.69) is 20.9 Å². The predicted octanol–water partition coefficient (Wildman–Crippen LogP) is 4.18. The summed E-state index contributed by atoms with van der Waals surface area (Å²) >= 11 is 0. The van der Waals surface area contributed by atoms with E-state index in [-0.39, 0.29) is 12.0 Å². The molecule has 0 spiro atoms. The molecule has 4 rings (SSSR count). The Hall–Kier alpha value is -3.25. The molecular weight excluding hydrogens is 400 g/mol. The van der Waals surface area contributed by atoms with E-state index >= 15 is 0 Å². The number of ether oxygens (including phenoxy) is 1. The number of piperidine rings is 1. The molecule has 0 radical (unpaired) electrons. The fourth-order valence-electron chi connectivity index (χ4n) is 4.04. The molecule has 2 aromatic heterocycles. The van der Waals surface area contributed by atoms with Gasteiger partial charge in [0, 0.05) is 51.3 Å². The minimum atomic E-state index is -0.00694. The number of amides is 1. The lowest BCUT2D eigenvalue weighted by Crippen LogP contribution is -2.38. The Kier molecular flexibility index (Phi) is 7.46. The molecule has 6 nitrogen and oxygen atoms in total. The van der Waals surface area contributed by atoms with Crippen LogP contribution < -0.4 is 4.74 Å². The van der Waals surface area contributed by atoms with E-state index in [1.54, 1.807) is 12.4 Å². The number of carbonyl (C=O) groups is 1. The van der Waals surface area contributed by atoms with Crippen molar-refractivity contribution < 1.29 is 9.53 Å². The lowest BCUT2D eigenvalue weighted by molar-refractivity contribution is 0.0727. The van der Waals surface area contributed by atoms with Crippen LogP contribution in [0.3, 0.4) is 0 Å². The number of carbonyl (C=O) groups excluding carboxylic acids is 1. The number of hydrogen-bond acceptors (Lipinski definition) is 5. The van der Waals surface area contributed by atoms with Crippen molar-refractivity contribution in [3.05, 3.63) is 90.0 Å². The van der Waals surface area contributed by atoms with Crippen molar-refractivity contribution in [1.82, 2.24) is 19.8 Å². The molecule has 0 N–H and O–H groups in total. The molecule has 0 bridgehead atoms. The maximum atomic E-state index is 13.3. The van der Waals surface area contributed by atoms with Gasteiger partial charge < -0.3 is 9.64 Å². The van der Waals surface area contributed by atoms with E-state index in [1.165, 1.54) is 0 Å². The summed E-state index contributed by atoms with van der Waals surface area (Å²) in [5.41, 5.74) is 2.78. The van der Waals surface area contributed by atoms with Crippen molar-refractivity contribution in [1.29, 1.82) is 0 Å². The number of benzene rings is 1. The fourth-order valence-corrected chi connectivity index (χ4v) is 4.04. The zero-order valence-electron chi connectivity index (χ0n) is 18.6. The smallest absolute Gasteiger partial charge is 0.257 e. The lowest BCUT2D eigenvalue weighted by Gasteiger charge is -2.32. The first kappa shape index (κ1) is 22.0.